The van der Waals surface area contributed by atoms with E-state index in [1.807, 2.05) is 23.7 Å². The van der Waals surface area contributed by atoms with Crippen LogP contribution in [-0.2, 0) is 4.57 Å². The molecule has 7 nitrogen and oxygen atoms in total. The van der Waals surface area contributed by atoms with Gasteiger partial charge in [0.25, 0.3) is 0 Å². The maximum absolute atomic E-state index is 13.0. The predicted octanol–water partition coefficient (Wildman–Crippen LogP) is 4.47. The summed E-state index contributed by atoms with van der Waals surface area (Å²) in [5.74, 6) is 0.631. The number of hydrogen-bond acceptors (Lipinski definition) is 7. The summed E-state index contributed by atoms with van der Waals surface area (Å²) in [5, 5.41) is 16.7. The molecule has 9 heteroatoms. The second kappa shape index (κ2) is 8.00. The van der Waals surface area contributed by atoms with E-state index in [-0.39, 0.29) is 0 Å². The van der Waals surface area contributed by atoms with Crippen LogP contribution in [0.4, 0.5) is 5.95 Å². The molecule has 1 aromatic carbocycles. The zero-order valence-corrected chi connectivity index (χ0v) is 20.1. The fourth-order valence-corrected chi connectivity index (χ4v) is 6.87. The Labute approximate surface area is 190 Å². The number of hydrogen-bond donors (Lipinski definition) is 2. The van der Waals surface area contributed by atoms with Gasteiger partial charge in [-0.15, -0.1) is 11.3 Å². The minimum atomic E-state index is -2.67. The van der Waals surface area contributed by atoms with E-state index in [1.165, 1.54) is 0 Å². The summed E-state index contributed by atoms with van der Waals surface area (Å²) in [4.78, 5) is 15.3. The van der Waals surface area contributed by atoms with E-state index in [0.717, 1.165) is 58.3 Å². The van der Waals surface area contributed by atoms with Crippen LogP contribution in [0.2, 0.25) is 0 Å². The van der Waals surface area contributed by atoms with Crippen LogP contribution in [-0.4, -0.2) is 59.4 Å². The van der Waals surface area contributed by atoms with Crippen molar-refractivity contribution in [2.45, 2.75) is 18.9 Å². The number of piperidine rings is 1. The molecule has 2 N–H and O–H groups in total. The number of likely N-dealkylation sites (N-methyl/N-ethyl adjacent to an activating group) is 1. The van der Waals surface area contributed by atoms with Crippen molar-refractivity contribution in [1.82, 2.24) is 19.9 Å². The molecule has 3 aromatic heterocycles. The molecule has 0 saturated carbocycles. The number of thiophene rings is 1. The first kappa shape index (κ1) is 21.1. The number of nitrogens with one attached hydrogen (secondary N) is 2. The van der Waals surface area contributed by atoms with Gasteiger partial charge in [-0.1, -0.05) is 6.07 Å². The lowest BCUT2D eigenvalue weighted by Gasteiger charge is -2.30. The topological polar surface area (TPSA) is 97.7 Å². The lowest BCUT2D eigenvalue weighted by Crippen LogP contribution is -2.40. The summed E-state index contributed by atoms with van der Waals surface area (Å²) < 4.78 is 14.0. The number of aromatic amines is 1. The average Bonchev–Trinajstić information content (AvgIpc) is 3.38. The van der Waals surface area contributed by atoms with E-state index in [9.17, 15) is 9.83 Å². The molecule has 1 fully saturated rings. The SMILES string of the molecule is CN1CCC[C@H](Nc2nc(-c3c[nH]c4c(P(C)(C)=O)c(C#N)ccc34)c3sccc3n2)C1. The molecule has 0 unspecified atom stereocenters. The number of fused-ring (bicyclic) bond motifs is 2. The van der Waals surface area contributed by atoms with E-state index < -0.39 is 7.14 Å². The molecule has 164 valence electrons. The Kier molecular flexibility index (Phi) is 5.29. The monoisotopic (exact) mass is 464 g/mol. The van der Waals surface area contributed by atoms with Crippen molar-refractivity contribution in [2.75, 3.05) is 38.8 Å². The molecule has 4 heterocycles. The van der Waals surface area contributed by atoms with Crippen LogP contribution in [0, 0.1) is 11.3 Å². The second-order valence-corrected chi connectivity index (χ2v) is 12.9. The number of benzene rings is 1. The molecule has 5 rings (SSSR count). The summed E-state index contributed by atoms with van der Waals surface area (Å²) in [6.45, 7) is 5.49. The van der Waals surface area contributed by atoms with Crippen molar-refractivity contribution in [2.24, 2.45) is 0 Å². The summed E-state index contributed by atoms with van der Waals surface area (Å²) >= 11 is 1.61. The van der Waals surface area contributed by atoms with Crippen LogP contribution in [0.25, 0.3) is 32.4 Å². The van der Waals surface area contributed by atoms with Crippen LogP contribution in [0.3, 0.4) is 0 Å². The molecule has 0 radical (unpaired) electrons. The number of H-pyrrole nitrogens is 1. The van der Waals surface area contributed by atoms with Crippen LogP contribution >= 0.6 is 18.5 Å². The van der Waals surface area contributed by atoms with Crippen molar-refractivity contribution < 1.29 is 4.57 Å². The Morgan fingerprint density at radius 1 is 1.31 bits per heavy atom. The zero-order chi connectivity index (χ0) is 22.5. The first-order chi connectivity index (χ1) is 15.3. The summed E-state index contributed by atoms with van der Waals surface area (Å²) in [6.07, 6.45) is 4.16. The van der Waals surface area contributed by atoms with E-state index in [2.05, 4.69) is 28.3 Å². The van der Waals surface area contributed by atoms with Gasteiger partial charge in [0, 0.05) is 29.7 Å². The fourth-order valence-electron chi connectivity index (χ4n) is 4.61. The van der Waals surface area contributed by atoms with Crippen LogP contribution < -0.4 is 10.6 Å². The number of anilines is 1. The predicted molar refractivity (Wildman–Crippen MR) is 133 cm³/mol. The highest BCUT2D eigenvalue weighted by atomic mass is 32.1. The Morgan fingerprint density at radius 2 is 2.16 bits per heavy atom. The van der Waals surface area contributed by atoms with E-state index >= 15 is 0 Å². The van der Waals surface area contributed by atoms with Gasteiger partial charge in [-0.2, -0.15) is 5.26 Å². The highest BCUT2D eigenvalue weighted by Gasteiger charge is 2.24. The number of nitrogens with zero attached hydrogens (tertiary/aromatic N) is 4. The highest BCUT2D eigenvalue weighted by molar-refractivity contribution is 7.70. The third kappa shape index (κ3) is 3.71. The molecule has 1 aliphatic heterocycles. The summed E-state index contributed by atoms with van der Waals surface area (Å²) in [5.41, 5.74) is 3.89. The van der Waals surface area contributed by atoms with Gasteiger partial charge >= 0.3 is 0 Å². The van der Waals surface area contributed by atoms with Crippen molar-refractivity contribution in [1.29, 1.82) is 5.26 Å². The van der Waals surface area contributed by atoms with E-state index in [1.54, 1.807) is 30.7 Å². The lowest BCUT2D eigenvalue weighted by molar-refractivity contribution is 0.260. The maximum Gasteiger partial charge on any atom is 0.224 e. The van der Waals surface area contributed by atoms with E-state index in [0.29, 0.717) is 22.9 Å². The third-order valence-corrected chi connectivity index (χ3v) is 8.46. The van der Waals surface area contributed by atoms with Crippen molar-refractivity contribution >= 4 is 50.9 Å². The smallest absolute Gasteiger partial charge is 0.224 e. The van der Waals surface area contributed by atoms with Gasteiger partial charge in [-0.05, 0) is 57.3 Å². The molecule has 1 saturated heterocycles. The number of likely N-dealkylation sites (tertiary alicyclic amines) is 1. The second-order valence-electron chi connectivity index (χ2n) is 8.83. The van der Waals surface area contributed by atoms with Crippen LogP contribution in [0.5, 0.6) is 0 Å². The van der Waals surface area contributed by atoms with Crippen LogP contribution in [0.15, 0.2) is 29.8 Å². The average molecular weight is 465 g/mol. The van der Waals surface area contributed by atoms with Gasteiger partial charge in [-0.25, -0.2) is 9.97 Å². The minimum Gasteiger partial charge on any atom is -0.360 e. The standard InChI is InChI=1S/C23H25N6OPS/c1-29-9-4-5-15(13-29)26-23-27-18-8-10-32-22(18)20(28-23)17-12-25-19-16(17)7-6-14(11-24)21(19)31(2,3)30/h6-8,10,12,15,25H,4-5,9,13H2,1-3H3,(H,26,27,28)/t15-/m0/s1. The number of rotatable bonds is 4. The molecular weight excluding hydrogens is 439 g/mol. The first-order valence-electron chi connectivity index (χ1n) is 10.7. The van der Waals surface area contributed by atoms with Gasteiger partial charge in [0.05, 0.1) is 38.4 Å². The molecule has 4 aromatic rings. The molecule has 1 atom stereocenters. The molecule has 32 heavy (non-hydrogen) atoms. The van der Waals surface area contributed by atoms with Crippen molar-refractivity contribution in [3.63, 3.8) is 0 Å². The summed E-state index contributed by atoms with van der Waals surface area (Å²) in [6, 6.07) is 8.21. The molecule has 0 spiro atoms. The van der Waals surface area contributed by atoms with Crippen LogP contribution in [0.1, 0.15) is 18.4 Å². The van der Waals surface area contributed by atoms with Gasteiger partial charge < -0.3 is 19.8 Å². The first-order valence-corrected chi connectivity index (χ1v) is 14.1. The fraction of sp³-hybridized carbons (Fsp3) is 0.348. The Bertz CT molecular complexity index is 1410. The van der Waals surface area contributed by atoms with Crippen molar-refractivity contribution in [3.8, 4) is 17.3 Å². The molecular formula is C23H25N6OPS. The highest BCUT2D eigenvalue weighted by Crippen LogP contribution is 2.42. The van der Waals surface area contributed by atoms with Crippen molar-refractivity contribution in [3.05, 3.63) is 35.3 Å². The normalized spacial score (nSPS) is 17.6. The Morgan fingerprint density at radius 3 is 2.91 bits per heavy atom. The Balaban J connectivity index is 1.66. The molecule has 0 aliphatic carbocycles. The Hall–Kier alpha value is -2.72. The van der Waals surface area contributed by atoms with Gasteiger partial charge in [0.1, 0.15) is 7.14 Å². The number of nitriles is 1. The maximum atomic E-state index is 13.0. The third-order valence-electron chi connectivity index (χ3n) is 6.00. The van der Waals surface area contributed by atoms with E-state index in [4.69, 9.17) is 9.97 Å². The quantitative estimate of drug-likeness (QED) is 0.433. The van der Waals surface area contributed by atoms with Gasteiger partial charge in [0.15, 0.2) is 0 Å². The number of aromatic nitrogens is 3. The molecule has 0 bridgehead atoms. The largest absolute Gasteiger partial charge is 0.360 e. The summed E-state index contributed by atoms with van der Waals surface area (Å²) in [7, 11) is -0.533. The van der Waals surface area contributed by atoms with Gasteiger partial charge in [-0.3, -0.25) is 0 Å². The molecule has 1 aliphatic rings. The lowest BCUT2D eigenvalue weighted by atomic mass is 10.1. The minimum absolute atomic E-state index is 0.316. The zero-order valence-electron chi connectivity index (χ0n) is 18.3. The van der Waals surface area contributed by atoms with Gasteiger partial charge in [0.2, 0.25) is 5.95 Å². The molecule has 0 amide bonds.